The Kier molecular flexibility index (Phi) is 7.56. The predicted molar refractivity (Wildman–Crippen MR) is 89.6 cm³/mol. The quantitative estimate of drug-likeness (QED) is 0.605. The van der Waals surface area contributed by atoms with Gasteiger partial charge in [0.15, 0.2) is 0 Å². The number of nitrogens with one attached hydrogen (secondary N) is 1. The summed E-state index contributed by atoms with van der Waals surface area (Å²) in [5, 5.41) is 4.11. The lowest BCUT2D eigenvalue weighted by Crippen LogP contribution is -2.42. The van der Waals surface area contributed by atoms with Gasteiger partial charge in [-0.3, -0.25) is 9.59 Å². The maximum absolute atomic E-state index is 12.3. The normalized spacial score (nSPS) is 17.0. The van der Waals surface area contributed by atoms with Crippen molar-refractivity contribution in [1.29, 1.82) is 0 Å². The molecule has 0 saturated heterocycles. The third-order valence-corrected chi connectivity index (χ3v) is 4.14. The van der Waals surface area contributed by atoms with Crippen LogP contribution in [0.25, 0.3) is 0 Å². The lowest BCUT2D eigenvalue weighted by molar-refractivity contribution is -0.133. The van der Waals surface area contributed by atoms with Crippen molar-refractivity contribution in [3.63, 3.8) is 0 Å². The van der Waals surface area contributed by atoms with E-state index in [1.165, 1.54) is 6.42 Å². The molecule has 1 saturated carbocycles. The van der Waals surface area contributed by atoms with Crippen LogP contribution in [-0.4, -0.2) is 34.5 Å². The van der Waals surface area contributed by atoms with Crippen molar-refractivity contribution in [2.24, 2.45) is 11.0 Å². The summed E-state index contributed by atoms with van der Waals surface area (Å²) in [6, 6.07) is 0.328. The number of carbonyl (C=O) groups is 2. The van der Waals surface area contributed by atoms with Crippen LogP contribution in [0, 0.1) is 5.92 Å². The average molecular weight is 309 g/mol. The van der Waals surface area contributed by atoms with Crippen LogP contribution in [0.15, 0.2) is 5.10 Å². The van der Waals surface area contributed by atoms with Crippen molar-refractivity contribution in [2.45, 2.75) is 85.2 Å². The first-order valence-electron chi connectivity index (χ1n) is 8.47. The molecule has 0 atom stereocenters. The highest BCUT2D eigenvalue weighted by Gasteiger charge is 2.22. The smallest absolute Gasteiger partial charge is 0.243 e. The first kappa shape index (κ1) is 18.7. The van der Waals surface area contributed by atoms with Gasteiger partial charge in [-0.25, -0.2) is 5.43 Å². The maximum Gasteiger partial charge on any atom is 0.243 e. The fourth-order valence-electron chi connectivity index (χ4n) is 3.13. The van der Waals surface area contributed by atoms with Crippen LogP contribution in [-0.2, 0) is 9.59 Å². The van der Waals surface area contributed by atoms with Crippen LogP contribution in [0.1, 0.15) is 73.1 Å². The molecular formula is C17H31N3O2. The zero-order valence-electron chi connectivity index (χ0n) is 14.7. The number of nitrogens with zero attached hydrogens (tertiary/aromatic N) is 2. The minimum absolute atomic E-state index is 0.00363. The van der Waals surface area contributed by atoms with Crippen LogP contribution >= 0.6 is 0 Å². The van der Waals surface area contributed by atoms with E-state index in [2.05, 4.69) is 10.5 Å². The Balaban J connectivity index is 2.50. The van der Waals surface area contributed by atoms with Gasteiger partial charge in [0.05, 0.1) is 6.42 Å². The van der Waals surface area contributed by atoms with E-state index in [-0.39, 0.29) is 36.2 Å². The fraction of sp³-hybridized carbons (Fsp3) is 0.824. The zero-order chi connectivity index (χ0) is 16.7. The second-order valence-corrected chi connectivity index (χ2v) is 6.82. The van der Waals surface area contributed by atoms with Gasteiger partial charge in [-0.1, -0.05) is 19.3 Å². The molecule has 0 radical (unpaired) electrons. The predicted octanol–water partition coefficient (Wildman–Crippen LogP) is 3.09. The van der Waals surface area contributed by atoms with Crippen molar-refractivity contribution >= 4 is 17.5 Å². The van der Waals surface area contributed by atoms with Gasteiger partial charge in [-0.15, -0.1) is 0 Å². The Morgan fingerprint density at radius 2 is 1.64 bits per heavy atom. The second-order valence-electron chi connectivity index (χ2n) is 6.82. The van der Waals surface area contributed by atoms with Crippen LogP contribution in [0.5, 0.6) is 0 Å². The highest BCUT2D eigenvalue weighted by atomic mass is 16.2. The lowest BCUT2D eigenvalue weighted by Gasteiger charge is -2.30. The minimum Gasteiger partial charge on any atom is -0.338 e. The summed E-state index contributed by atoms with van der Waals surface area (Å²) in [6.07, 6.45) is 5.62. The molecule has 1 aliphatic carbocycles. The topological polar surface area (TPSA) is 61.8 Å². The Morgan fingerprint density at radius 1 is 1.09 bits per heavy atom. The van der Waals surface area contributed by atoms with Gasteiger partial charge in [0, 0.05) is 23.7 Å². The highest BCUT2D eigenvalue weighted by Crippen LogP contribution is 2.23. The standard InChI is InChI=1S/C17H31N3O2/c1-12(2)20(13(3)4)16(21)11-14(5)18-19-17(22)15-9-7-6-8-10-15/h12-13,15H,6-11H2,1-5H3,(H,19,22)/b18-14+. The van der Waals surface area contributed by atoms with Crippen molar-refractivity contribution in [2.75, 3.05) is 0 Å². The van der Waals surface area contributed by atoms with E-state index in [4.69, 9.17) is 0 Å². The number of hydrazone groups is 1. The molecule has 0 heterocycles. The fourth-order valence-corrected chi connectivity index (χ4v) is 3.13. The maximum atomic E-state index is 12.3. The second kappa shape index (κ2) is 8.91. The molecule has 0 aromatic carbocycles. The van der Waals surface area contributed by atoms with Gasteiger partial charge in [0.2, 0.25) is 11.8 Å². The monoisotopic (exact) mass is 309 g/mol. The molecule has 0 aromatic heterocycles. The van der Waals surface area contributed by atoms with Gasteiger partial charge >= 0.3 is 0 Å². The SMILES string of the molecule is C/C(CC(=O)N(C(C)C)C(C)C)=N\NC(=O)C1CCCCC1. The van der Waals surface area contributed by atoms with E-state index in [0.717, 1.165) is 25.7 Å². The molecular weight excluding hydrogens is 278 g/mol. The number of hydrogen-bond acceptors (Lipinski definition) is 3. The summed E-state index contributed by atoms with van der Waals surface area (Å²) < 4.78 is 0. The van der Waals surface area contributed by atoms with Gasteiger partial charge < -0.3 is 4.90 Å². The molecule has 1 aliphatic rings. The molecule has 1 fully saturated rings. The van der Waals surface area contributed by atoms with Crippen LogP contribution in [0.4, 0.5) is 0 Å². The van der Waals surface area contributed by atoms with E-state index in [1.807, 2.05) is 32.6 Å². The summed E-state index contributed by atoms with van der Waals surface area (Å²) >= 11 is 0. The number of hydrogen-bond donors (Lipinski definition) is 1. The van der Waals surface area contributed by atoms with Crippen LogP contribution in [0.2, 0.25) is 0 Å². The molecule has 0 spiro atoms. The third-order valence-electron chi connectivity index (χ3n) is 4.14. The molecule has 0 aromatic rings. The third kappa shape index (κ3) is 5.78. The van der Waals surface area contributed by atoms with Gasteiger partial charge in [-0.05, 0) is 47.5 Å². The molecule has 5 heteroatoms. The number of carbonyl (C=O) groups excluding carboxylic acids is 2. The first-order chi connectivity index (χ1) is 10.3. The Morgan fingerprint density at radius 3 is 2.14 bits per heavy atom. The van der Waals surface area contributed by atoms with Crippen LogP contribution in [0.3, 0.4) is 0 Å². The number of amides is 2. The molecule has 5 nitrogen and oxygen atoms in total. The summed E-state index contributed by atoms with van der Waals surface area (Å²) in [4.78, 5) is 26.2. The molecule has 2 amide bonds. The van der Waals surface area contributed by atoms with Gasteiger partial charge in [0.1, 0.15) is 0 Å². The Labute approximate surface area is 134 Å². The van der Waals surface area contributed by atoms with Crippen molar-refractivity contribution < 1.29 is 9.59 Å². The molecule has 1 rings (SSSR count). The largest absolute Gasteiger partial charge is 0.338 e. The molecule has 0 unspecified atom stereocenters. The molecule has 0 bridgehead atoms. The molecule has 126 valence electrons. The van der Waals surface area contributed by atoms with Gasteiger partial charge in [-0.2, -0.15) is 5.10 Å². The van der Waals surface area contributed by atoms with E-state index in [0.29, 0.717) is 5.71 Å². The summed E-state index contributed by atoms with van der Waals surface area (Å²) in [5.74, 6) is 0.137. The molecule has 22 heavy (non-hydrogen) atoms. The van der Waals surface area contributed by atoms with Crippen molar-refractivity contribution in [3.05, 3.63) is 0 Å². The molecule has 1 N–H and O–H groups in total. The van der Waals surface area contributed by atoms with E-state index in [1.54, 1.807) is 6.92 Å². The van der Waals surface area contributed by atoms with E-state index >= 15 is 0 Å². The van der Waals surface area contributed by atoms with E-state index < -0.39 is 0 Å². The zero-order valence-corrected chi connectivity index (χ0v) is 14.7. The van der Waals surface area contributed by atoms with Crippen molar-refractivity contribution in [1.82, 2.24) is 10.3 Å². The Bertz CT molecular complexity index is 402. The van der Waals surface area contributed by atoms with Gasteiger partial charge in [0.25, 0.3) is 0 Å². The summed E-state index contributed by atoms with van der Waals surface area (Å²) in [6.45, 7) is 9.83. The average Bonchev–Trinajstić information content (AvgIpc) is 2.44. The Hall–Kier alpha value is -1.39. The lowest BCUT2D eigenvalue weighted by atomic mass is 9.89. The molecule has 0 aliphatic heterocycles. The van der Waals surface area contributed by atoms with Crippen molar-refractivity contribution in [3.8, 4) is 0 Å². The minimum atomic E-state index is -0.00363. The highest BCUT2D eigenvalue weighted by molar-refractivity contribution is 6.00. The van der Waals surface area contributed by atoms with E-state index in [9.17, 15) is 9.59 Å². The summed E-state index contributed by atoms with van der Waals surface area (Å²) in [5.41, 5.74) is 3.29. The number of rotatable bonds is 6. The van der Waals surface area contributed by atoms with Crippen LogP contribution < -0.4 is 5.43 Å². The summed E-state index contributed by atoms with van der Waals surface area (Å²) in [7, 11) is 0. The first-order valence-corrected chi connectivity index (χ1v) is 8.47.